The molecule has 4 aromatic rings. The van der Waals surface area contributed by atoms with Crippen molar-refractivity contribution in [3.8, 4) is 11.8 Å². The van der Waals surface area contributed by atoms with Gasteiger partial charge in [0.2, 0.25) is 0 Å². The van der Waals surface area contributed by atoms with E-state index in [-0.39, 0.29) is 25.2 Å². The van der Waals surface area contributed by atoms with Gasteiger partial charge in [-0.1, -0.05) is 72.4 Å². The van der Waals surface area contributed by atoms with Gasteiger partial charge in [-0.25, -0.2) is 4.79 Å². The summed E-state index contributed by atoms with van der Waals surface area (Å²) in [6, 6.07) is 26.2. The summed E-state index contributed by atoms with van der Waals surface area (Å²) in [7, 11) is 0. The van der Waals surface area contributed by atoms with Gasteiger partial charge in [-0.2, -0.15) is 0 Å². The highest BCUT2D eigenvalue weighted by atomic mass is 16.6. The summed E-state index contributed by atoms with van der Waals surface area (Å²) in [5, 5.41) is 0.962. The molecule has 0 radical (unpaired) electrons. The molecule has 2 heterocycles. The van der Waals surface area contributed by atoms with Gasteiger partial charge >= 0.3 is 11.9 Å². The van der Waals surface area contributed by atoms with E-state index in [1.54, 1.807) is 0 Å². The van der Waals surface area contributed by atoms with Gasteiger partial charge < -0.3 is 18.6 Å². The van der Waals surface area contributed by atoms with Gasteiger partial charge in [-0.15, -0.1) is 0 Å². The van der Waals surface area contributed by atoms with Crippen molar-refractivity contribution in [1.29, 1.82) is 0 Å². The van der Waals surface area contributed by atoms with Crippen molar-refractivity contribution in [1.82, 2.24) is 0 Å². The fourth-order valence-corrected chi connectivity index (χ4v) is 10.7. The largest absolute Gasteiger partial charge is 0.461 e. The number of hydrogen-bond donors (Lipinski definition) is 0. The Morgan fingerprint density at radius 2 is 1.57 bits per heavy atom. The Bertz CT molecular complexity index is 2090. The number of benzene rings is 3. The van der Waals surface area contributed by atoms with Crippen LogP contribution >= 0.6 is 0 Å². The summed E-state index contributed by atoms with van der Waals surface area (Å²) >= 11 is 0. The third-order valence-corrected chi connectivity index (χ3v) is 13.2. The van der Waals surface area contributed by atoms with Crippen LogP contribution in [-0.4, -0.2) is 30.8 Å². The minimum atomic E-state index is -1.06. The molecule has 278 valence electrons. The predicted molar refractivity (Wildman–Crippen MR) is 207 cm³/mol. The second-order valence-electron chi connectivity index (χ2n) is 17.5. The molecule has 0 amide bonds. The summed E-state index contributed by atoms with van der Waals surface area (Å²) < 4.78 is 24.8. The number of hydrogen-bond acceptors (Lipinski definition) is 6. The quantitative estimate of drug-likeness (QED) is 0.0872. The van der Waals surface area contributed by atoms with Crippen molar-refractivity contribution in [2.24, 2.45) is 28.6 Å². The lowest BCUT2D eigenvalue weighted by Gasteiger charge is -2.56. The number of aryl methyl sites for hydroxylation is 1. The monoisotopic (exact) mass is 722 g/mol. The summed E-state index contributed by atoms with van der Waals surface area (Å²) in [5.41, 5.74) is 4.19. The maximum absolute atomic E-state index is 14.0. The molecule has 1 aliphatic heterocycles. The molecule has 6 heteroatoms. The molecule has 5 aliphatic carbocycles. The number of cyclic esters (lactones) is 1. The smallest absolute Gasteiger partial charge is 0.334 e. The Labute approximate surface area is 318 Å². The first-order valence-electron chi connectivity index (χ1n) is 20.1. The Balaban J connectivity index is 0.886. The van der Waals surface area contributed by atoms with Crippen LogP contribution in [0.4, 0.5) is 0 Å². The fourth-order valence-electron chi connectivity index (χ4n) is 10.7. The first-order chi connectivity index (χ1) is 26.2. The number of carbonyl (C=O) groups excluding carboxylic acids is 2. The van der Waals surface area contributed by atoms with Crippen LogP contribution in [0.15, 0.2) is 94.9 Å². The van der Waals surface area contributed by atoms with Crippen LogP contribution in [-0.2, 0) is 36.8 Å². The highest BCUT2D eigenvalue weighted by Crippen LogP contribution is 2.61. The minimum absolute atomic E-state index is 0.0358. The van der Waals surface area contributed by atoms with E-state index in [9.17, 15) is 9.59 Å². The fraction of sp³-hybridized carbons (Fsp3) is 0.458. The summed E-state index contributed by atoms with van der Waals surface area (Å²) in [6.07, 6.45) is 14.4. The molecule has 5 saturated carbocycles. The average Bonchev–Trinajstić information content (AvgIpc) is 3.70. The van der Waals surface area contributed by atoms with Crippen molar-refractivity contribution in [3.05, 3.63) is 119 Å². The molecule has 6 nitrogen and oxygen atoms in total. The summed E-state index contributed by atoms with van der Waals surface area (Å²) in [4.78, 5) is 27.5. The minimum Gasteiger partial charge on any atom is -0.461 e. The molecule has 54 heavy (non-hydrogen) atoms. The third kappa shape index (κ3) is 7.28. The van der Waals surface area contributed by atoms with E-state index in [4.69, 9.17) is 18.6 Å². The van der Waals surface area contributed by atoms with Gasteiger partial charge in [0.15, 0.2) is 5.60 Å². The first kappa shape index (κ1) is 35.1. The zero-order valence-corrected chi connectivity index (χ0v) is 31.4. The van der Waals surface area contributed by atoms with Crippen LogP contribution in [0.3, 0.4) is 0 Å². The first-order valence-corrected chi connectivity index (χ1v) is 20.1. The van der Waals surface area contributed by atoms with E-state index in [2.05, 4.69) is 37.0 Å². The number of ether oxygens (including phenoxy) is 3. The Kier molecular flexibility index (Phi) is 9.26. The van der Waals surface area contributed by atoms with Gasteiger partial charge in [0.1, 0.15) is 18.0 Å². The summed E-state index contributed by atoms with van der Waals surface area (Å²) in [6.45, 7) is 2.57. The number of rotatable bonds is 11. The zero-order chi connectivity index (χ0) is 36.8. The number of esters is 2. The van der Waals surface area contributed by atoms with Gasteiger partial charge in [-0.3, -0.25) is 4.79 Å². The average molecular weight is 723 g/mol. The van der Waals surface area contributed by atoms with E-state index in [0.29, 0.717) is 30.4 Å². The molecule has 0 spiro atoms. The van der Waals surface area contributed by atoms with Gasteiger partial charge in [-0.05, 0) is 130 Å². The van der Waals surface area contributed by atoms with E-state index in [0.717, 1.165) is 76.9 Å². The lowest BCUT2D eigenvalue weighted by atomic mass is 9.49. The Hall–Kier alpha value is -4.60. The molecular formula is C48H50O6. The standard InChI is InChI=1S/C48H50O6/c1-33-8-10-34(11-9-33)12-13-35-14-15-43-41(23-35)24-42(53-43)29-47(17-5-18-47)45(50)52-32-48(31-51-30-36-6-3-2-4-7-36)28-40(44(49)54-48)16-19-46-25-37-20-38(26-46)22-39(21-37)27-46/h2-4,6-11,14-16,23-24,37-39H,5,17-22,25-32H2,1H3/b40-16+/t37?,38?,39?,46?,48-/m1/s1. The van der Waals surface area contributed by atoms with Gasteiger partial charge in [0.25, 0.3) is 0 Å². The SMILES string of the molecule is Cc1ccc(C#Cc2ccc3oc(CC4(C(=O)OC[C@]5(COCc6ccccc6)C/C(=C\CC67CC8CC(CC(C8)C6)C7)C(=O)O5)CCC4)cc3c2)cc1. The molecule has 0 N–H and O–H groups in total. The number of allylic oxidation sites excluding steroid dienone is 1. The van der Waals surface area contributed by atoms with Gasteiger partial charge in [0.05, 0.1) is 18.6 Å². The molecule has 3 aromatic carbocycles. The van der Waals surface area contributed by atoms with Crippen LogP contribution in [0, 0.1) is 47.3 Å². The van der Waals surface area contributed by atoms with E-state index >= 15 is 0 Å². The maximum atomic E-state index is 14.0. The number of fused-ring (bicyclic) bond motifs is 1. The molecule has 6 fully saturated rings. The van der Waals surface area contributed by atoms with Crippen LogP contribution in [0.5, 0.6) is 0 Å². The number of carbonyl (C=O) groups is 2. The van der Waals surface area contributed by atoms with Crippen LogP contribution in [0.1, 0.15) is 98.6 Å². The molecular weight excluding hydrogens is 673 g/mol. The van der Waals surface area contributed by atoms with Crippen LogP contribution < -0.4 is 0 Å². The third-order valence-electron chi connectivity index (χ3n) is 13.2. The van der Waals surface area contributed by atoms with Crippen LogP contribution in [0.2, 0.25) is 0 Å². The molecule has 6 aliphatic rings. The molecule has 0 unspecified atom stereocenters. The number of furan rings is 1. The van der Waals surface area contributed by atoms with E-state index in [1.165, 1.54) is 44.1 Å². The molecule has 4 bridgehead atoms. The predicted octanol–water partition coefficient (Wildman–Crippen LogP) is 9.83. The molecule has 10 rings (SSSR count). The molecule has 1 atom stereocenters. The molecule has 1 aromatic heterocycles. The van der Waals surface area contributed by atoms with Gasteiger partial charge in [0, 0.05) is 34.9 Å². The zero-order valence-electron chi connectivity index (χ0n) is 31.4. The molecule has 1 saturated heterocycles. The summed E-state index contributed by atoms with van der Waals surface area (Å²) in [5.74, 6) is 9.28. The van der Waals surface area contributed by atoms with E-state index in [1.807, 2.05) is 66.7 Å². The lowest BCUT2D eigenvalue weighted by Crippen LogP contribution is -2.46. The van der Waals surface area contributed by atoms with Crippen molar-refractivity contribution in [2.45, 2.75) is 96.2 Å². The van der Waals surface area contributed by atoms with Crippen molar-refractivity contribution in [3.63, 3.8) is 0 Å². The Morgan fingerprint density at radius 3 is 2.28 bits per heavy atom. The van der Waals surface area contributed by atoms with Crippen LogP contribution in [0.25, 0.3) is 11.0 Å². The highest BCUT2D eigenvalue weighted by Gasteiger charge is 2.52. The highest BCUT2D eigenvalue weighted by molar-refractivity contribution is 5.91. The van der Waals surface area contributed by atoms with E-state index < -0.39 is 11.0 Å². The second-order valence-corrected chi connectivity index (χ2v) is 17.5. The maximum Gasteiger partial charge on any atom is 0.334 e. The van der Waals surface area contributed by atoms with Crippen molar-refractivity contribution < 1.29 is 28.2 Å². The van der Waals surface area contributed by atoms with Crippen molar-refractivity contribution >= 4 is 22.9 Å². The van der Waals surface area contributed by atoms with Crippen molar-refractivity contribution in [2.75, 3.05) is 13.2 Å². The second kappa shape index (κ2) is 14.2. The Morgan fingerprint density at radius 1 is 0.870 bits per heavy atom. The topological polar surface area (TPSA) is 75.0 Å². The lowest BCUT2D eigenvalue weighted by molar-refractivity contribution is -0.179. The normalized spacial score (nSPS) is 28.4.